The van der Waals surface area contributed by atoms with Crippen LogP contribution in [0, 0.1) is 18.6 Å². The number of halogens is 2. The van der Waals surface area contributed by atoms with Gasteiger partial charge in [-0.3, -0.25) is 11.6 Å². The van der Waals surface area contributed by atoms with Gasteiger partial charge in [0.15, 0.2) is 0 Å². The van der Waals surface area contributed by atoms with Gasteiger partial charge in [-0.2, -0.15) is 4.37 Å². The number of anilines is 1. The molecule has 1 aliphatic carbocycles. The number of aromatic nitrogens is 1. The van der Waals surface area contributed by atoms with Gasteiger partial charge in [-0.25, -0.2) is 13.6 Å². The minimum Gasteiger partial charge on any atom is -0.870 e. The van der Waals surface area contributed by atoms with Crippen LogP contribution in [0.1, 0.15) is 42.7 Å². The Hall–Kier alpha value is -2.95. The molecule has 2 N–H and O–H groups in total. The molecular formula is C29H24F2N2NaO4S-. The third-order valence-electron chi connectivity index (χ3n) is 6.63. The van der Waals surface area contributed by atoms with E-state index in [-0.39, 0.29) is 51.2 Å². The Bertz CT molecular complexity index is 1450. The molecule has 6 nitrogen and oxygen atoms in total. The predicted octanol–water partition coefficient (Wildman–Crippen LogP) is 4.34. The number of nitrogens with zero attached hydrogens (tertiary/aromatic N) is 1. The van der Waals surface area contributed by atoms with Gasteiger partial charge in [0.05, 0.1) is 21.8 Å². The Morgan fingerprint density at radius 1 is 1.05 bits per heavy atom. The molecule has 0 bridgehead atoms. The van der Waals surface area contributed by atoms with Crippen molar-refractivity contribution in [2.75, 3.05) is 5.32 Å². The van der Waals surface area contributed by atoms with Gasteiger partial charge in [-0.15, -0.1) is 5.41 Å². The van der Waals surface area contributed by atoms with Crippen molar-refractivity contribution in [2.24, 2.45) is 0 Å². The van der Waals surface area contributed by atoms with Crippen molar-refractivity contribution < 1.29 is 58.1 Å². The number of rotatable bonds is 7. The summed E-state index contributed by atoms with van der Waals surface area (Å²) in [5, 5.41) is 2.61. The second-order valence-electron chi connectivity index (χ2n) is 9.13. The Morgan fingerprint density at radius 3 is 2.23 bits per heavy atom. The topological polar surface area (TPSA) is 98.3 Å². The molecule has 1 atom stereocenters. The fraction of sp³-hybridized carbons (Fsp3) is 0.207. The van der Waals surface area contributed by atoms with Crippen molar-refractivity contribution in [2.45, 2.75) is 38.2 Å². The number of amides is 1. The van der Waals surface area contributed by atoms with Crippen molar-refractivity contribution in [3.05, 3.63) is 95.2 Å². The first kappa shape index (κ1) is 30.6. The van der Waals surface area contributed by atoms with Crippen molar-refractivity contribution in [3.63, 3.8) is 0 Å². The van der Waals surface area contributed by atoms with Crippen LogP contribution in [0.5, 0.6) is 0 Å². The summed E-state index contributed by atoms with van der Waals surface area (Å²) in [4.78, 5) is 24.0. The summed E-state index contributed by atoms with van der Waals surface area (Å²) in [6, 6.07) is 18.8. The van der Waals surface area contributed by atoms with Crippen molar-refractivity contribution in [3.8, 4) is 21.6 Å². The number of hydrogen-bond acceptors (Lipinski definition) is 6. The van der Waals surface area contributed by atoms with Gasteiger partial charge in [-0.1, -0.05) is 73.0 Å². The Balaban J connectivity index is 0.00000210. The minimum absolute atomic E-state index is 0. The molecule has 0 spiro atoms. The molecule has 0 radical (unpaired) electrons. The summed E-state index contributed by atoms with van der Waals surface area (Å²) in [5.41, 5.74) is 2.46. The second kappa shape index (κ2) is 12.5. The zero-order valence-electron chi connectivity index (χ0n) is 21.6. The van der Waals surface area contributed by atoms with Crippen LogP contribution in [-0.4, -0.2) is 22.2 Å². The summed E-state index contributed by atoms with van der Waals surface area (Å²) < 4.78 is 40.3. The first-order valence-corrected chi connectivity index (χ1v) is 12.6. The average molecular weight is 558 g/mol. The van der Waals surface area contributed by atoms with Crippen LogP contribution in [0.15, 0.2) is 66.7 Å². The zero-order chi connectivity index (χ0) is 26.2. The third-order valence-corrected chi connectivity index (χ3v) is 7.58. The maximum atomic E-state index is 15.3. The molecule has 1 saturated carbocycles. The van der Waals surface area contributed by atoms with Gasteiger partial charge in [0.1, 0.15) is 17.7 Å². The molecule has 1 aromatic heterocycles. The molecule has 0 unspecified atom stereocenters. The van der Waals surface area contributed by atoms with Crippen LogP contribution in [0.25, 0.3) is 21.6 Å². The van der Waals surface area contributed by atoms with E-state index < -0.39 is 29.2 Å². The van der Waals surface area contributed by atoms with E-state index in [2.05, 4.69) is 16.0 Å². The molecule has 1 aliphatic rings. The predicted molar refractivity (Wildman–Crippen MR) is 141 cm³/mol. The number of hydrogen-bond donors (Lipinski definition) is 1. The van der Waals surface area contributed by atoms with Crippen molar-refractivity contribution in [1.82, 2.24) is 4.37 Å². The van der Waals surface area contributed by atoms with Crippen molar-refractivity contribution in [1.29, 1.82) is 0 Å². The van der Waals surface area contributed by atoms with E-state index in [1.54, 1.807) is 38.1 Å². The number of carbonyl (C=O) groups is 1. The summed E-state index contributed by atoms with van der Waals surface area (Å²) in [7, 11) is 0. The number of carbonyl (C=O) groups excluding carboxylic acids is 2. The summed E-state index contributed by atoms with van der Waals surface area (Å²) in [5.74, 6) is -1.56. The van der Waals surface area contributed by atoms with Gasteiger partial charge in [-0.05, 0) is 54.2 Å². The molecule has 196 valence electrons. The number of aryl methyl sites for hydroxylation is 1. The van der Waals surface area contributed by atoms with Crippen LogP contribution in [0.4, 0.5) is 19.3 Å². The Labute approximate surface area is 251 Å². The molecule has 10 heteroatoms. The van der Waals surface area contributed by atoms with E-state index in [9.17, 15) is 9.59 Å². The molecular weight excluding hydrogens is 533 g/mol. The van der Waals surface area contributed by atoms with E-state index in [1.807, 2.05) is 30.3 Å². The SMILES string of the molecule is Cc1nsc(-c2c(F)cc(-c3ccc(C4([C-]=O)CC4)cc3)cc2F)c1NC(=O)O[C@H](C)c1ccccc1.[Na+].[OH-]. The van der Waals surface area contributed by atoms with Gasteiger partial charge in [0.25, 0.3) is 0 Å². The van der Waals surface area contributed by atoms with E-state index >= 15 is 8.78 Å². The molecule has 3 aromatic carbocycles. The number of ether oxygens (including phenoxy) is 1. The van der Waals surface area contributed by atoms with Crippen LogP contribution < -0.4 is 34.9 Å². The summed E-state index contributed by atoms with van der Waals surface area (Å²) in [6.45, 7) is 3.38. The molecule has 1 fully saturated rings. The second-order valence-corrected chi connectivity index (χ2v) is 9.91. The first-order chi connectivity index (χ1) is 17.8. The zero-order valence-corrected chi connectivity index (χ0v) is 24.4. The van der Waals surface area contributed by atoms with E-state index in [1.165, 1.54) is 12.1 Å². The maximum absolute atomic E-state index is 15.3. The number of benzene rings is 3. The molecule has 4 aromatic rings. The molecule has 1 heterocycles. The third kappa shape index (κ3) is 6.28. The van der Waals surface area contributed by atoms with Crippen LogP contribution in [0.2, 0.25) is 0 Å². The molecule has 1 amide bonds. The largest absolute Gasteiger partial charge is 1.00 e. The van der Waals surface area contributed by atoms with E-state index in [4.69, 9.17) is 4.74 Å². The van der Waals surface area contributed by atoms with E-state index in [0.717, 1.165) is 35.5 Å². The Morgan fingerprint density at radius 2 is 1.67 bits per heavy atom. The summed E-state index contributed by atoms with van der Waals surface area (Å²) in [6.07, 6.45) is 2.35. The van der Waals surface area contributed by atoms with Crippen LogP contribution >= 0.6 is 11.5 Å². The van der Waals surface area contributed by atoms with Crippen LogP contribution in [0.3, 0.4) is 0 Å². The molecule has 5 rings (SSSR count). The average Bonchev–Trinajstić information content (AvgIpc) is 3.63. The normalized spacial score (nSPS) is 13.8. The quantitative estimate of drug-likeness (QED) is 0.269. The fourth-order valence-electron chi connectivity index (χ4n) is 4.28. The van der Waals surface area contributed by atoms with E-state index in [0.29, 0.717) is 16.8 Å². The molecule has 0 aliphatic heterocycles. The Kier molecular flexibility index (Phi) is 9.79. The van der Waals surface area contributed by atoms with Gasteiger partial charge >= 0.3 is 35.7 Å². The monoisotopic (exact) mass is 557 g/mol. The van der Waals surface area contributed by atoms with Gasteiger partial charge in [0.2, 0.25) is 0 Å². The standard InChI is InChI=1S/C29H23F2N2O3S.Na.H2O/c1-17-26(32-28(35)36-18(2)19-6-4-3-5-7-19)27(37-33-17)25-23(30)14-21(15-24(25)31)20-8-10-22(11-9-20)29(16-34)12-13-29;;/h3-11,14-15,18H,12-13H2,1-2H3,(H,32,35);;1H2/q-1;+1;/p-1/t18-;;/m1../s1. The smallest absolute Gasteiger partial charge is 0.870 e. The number of nitrogens with one attached hydrogen (secondary N) is 1. The molecule has 39 heavy (non-hydrogen) atoms. The van der Waals surface area contributed by atoms with Gasteiger partial charge < -0.3 is 15.0 Å². The maximum Gasteiger partial charge on any atom is 1.00 e. The minimum atomic E-state index is -0.781. The molecule has 0 saturated heterocycles. The first-order valence-electron chi connectivity index (χ1n) is 11.8. The van der Waals surface area contributed by atoms with Crippen LogP contribution in [-0.2, 0) is 14.9 Å². The summed E-state index contributed by atoms with van der Waals surface area (Å²) >= 11 is 0.894. The van der Waals surface area contributed by atoms with Crippen molar-refractivity contribution >= 4 is 29.6 Å². The van der Waals surface area contributed by atoms with Gasteiger partial charge in [0, 0.05) is 0 Å². The fourth-order valence-corrected chi connectivity index (χ4v) is 5.18.